The van der Waals surface area contributed by atoms with Gasteiger partial charge in [0.05, 0.1) is 6.61 Å². The predicted octanol–water partition coefficient (Wildman–Crippen LogP) is 0.752. The molecule has 0 atom stereocenters. The molecular formula is C7H14F2N2OS. The SMILES string of the molecule is CCNC(=S)NCCOCC(F)F. The molecule has 0 rings (SSSR count). The van der Waals surface area contributed by atoms with E-state index in [9.17, 15) is 8.78 Å². The van der Waals surface area contributed by atoms with Crippen molar-refractivity contribution in [3.8, 4) is 0 Å². The normalized spacial score (nSPS) is 10.2. The minimum Gasteiger partial charge on any atom is -0.374 e. The Morgan fingerprint density at radius 2 is 2.15 bits per heavy atom. The molecule has 0 aliphatic heterocycles. The van der Waals surface area contributed by atoms with Gasteiger partial charge in [-0.1, -0.05) is 0 Å². The molecule has 0 bridgehead atoms. The highest BCUT2D eigenvalue weighted by Crippen LogP contribution is 1.91. The van der Waals surface area contributed by atoms with Crippen LogP contribution in [0.1, 0.15) is 6.92 Å². The van der Waals surface area contributed by atoms with Crippen LogP contribution in [-0.2, 0) is 4.74 Å². The first-order valence-electron chi connectivity index (χ1n) is 4.04. The first kappa shape index (κ1) is 12.5. The van der Waals surface area contributed by atoms with Crippen molar-refractivity contribution in [3.05, 3.63) is 0 Å². The monoisotopic (exact) mass is 212 g/mol. The lowest BCUT2D eigenvalue weighted by Crippen LogP contribution is -2.36. The number of rotatable bonds is 6. The van der Waals surface area contributed by atoms with Gasteiger partial charge in [-0.25, -0.2) is 8.78 Å². The van der Waals surface area contributed by atoms with Gasteiger partial charge in [0.1, 0.15) is 6.61 Å². The zero-order valence-electron chi connectivity index (χ0n) is 7.48. The van der Waals surface area contributed by atoms with E-state index in [1.54, 1.807) is 0 Å². The molecule has 78 valence electrons. The first-order chi connectivity index (χ1) is 6.16. The van der Waals surface area contributed by atoms with Crippen LogP contribution in [0.15, 0.2) is 0 Å². The quantitative estimate of drug-likeness (QED) is 0.503. The molecule has 0 aliphatic rings. The van der Waals surface area contributed by atoms with Crippen LogP contribution in [0.3, 0.4) is 0 Å². The Morgan fingerprint density at radius 1 is 1.46 bits per heavy atom. The largest absolute Gasteiger partial charge is 0.374 e. The molecule has 0 spiro atoms. The maximum atomic E-state index is 11.6. The molecule has 13 heavy (non-hydrogen) atoms. The van der Waals surface area contributed by atoms with E-state index in [2.05, 4.69) is 15.4 Å². The number of thiocarbonyl (C=S) groups is 1. The molecule has 2 N–H and O–H groups in total. The highest BCUT2D eigenvalue weighted by atomic mass is 32.1. The molecule has 0 radical (unpaired) electrons. The highest BCUT2D eigenvalue weighted by Gasteiger charge is 2.00. The molecule has 6 heteroatoms. The lowest BCUT2D eigenvalue weighted by molar-refractivity contribution is 0.0197. The maximum absolute atomic E-state index is 11.6. The van der Waals surface area contributed by atoms with E-state index in [0.717, 1.165) is 6.54 Å². The average molecular weight is 212 g/mol. The molecule has 0 aromatic carbocycles. The number of ether oxygens (including phenoxy) is 1. The fraction of sp³-hybridized carbons (Fsp3) is 0.857. The second-order valence-electron chi connectivity index (χ2n) is 2.25. The van der Waals surface area contributed by atoms with Gasteiger partial charge in [0.15, 0.2) is 5.11 Å². The molecular weight excluding hydrogens is 198 g/mol. The van der Waals surface area contributed by atoms with Crippen molar-refractivity contribution < 1.29 is 13.5 Å². The van der Waals surface area contributed by atoms with Gasteiger partial charge in [-0.15, -0.1) is 0 Å². The van der Waals surface area contributed by atoms with Crippen molar-refractivity contribution in [3.63, 3.8) is 0 Å². The van der Waals surface area contributed by atoms with E-state index in [1.165, 1.54) is 0 Å². The van der Waals surface area contributed by atoms with Crippen LogP contribution in [0.25, 0.3) is 0 Å². The summed E-state index contributed by atoms with van der Waals surface area (Å²) in [6.07, 6.45) is -2.40. The number of hydrogen-bond donors (Lipinski definition) is 2. The summed E-state index contributed by atoms with van der Waals surface area (Å²) in [6.45, 7) is 2.81. The van der Waals surface area contributed by atoms with Gasteiger partial charge in [0.25, 0.3) is 6.43 Å². The molecule has 0 aliphatic carbocycles. The molecule has 0 fully saturated rings. The van der Waals surface area contributed by atoms with Crippen molar-refractivity contribution in [2.75, 3.05) is 26.3 Å². The highest BCUT2D eigenvalue weighted by molar-refractivity contribution is 7.80. The van der Waals surface area contributed by atoms with Crippen LogP contribution in [0.2, 0.25) is 0 Å². The van der Waals surface area contributed by atoms with Crippen molar-refractivity contribution in [1.29, 1.82) is 0 Å². The van der Waals surface area contributed by atoms with Crippen molar-refractivity contribution in [1.82, 2.24) is 10.6 Å². The van der Waals surface area contributed by atoms with E-state index < -0.39 is 13.0 Å². The van der Waals surface area contributed by atoms with Gasteiger partial charge in [0, 0.05) is 13.1 Å². The molecule has 0 unspecified atom stereocenters. The number of alkyl halides is 2. The minimum absolute atomic E-state index is 0.232. The molecule has 0 heterocycles. The van der Waals surface area contributed by atoms with Crippen LogP contribution in [0.5, 0.6) is 0 Å². The summed E-state index contributed by atoms with van der Waals surface area (Å²) in [4.78, 5) is 0. The summed E-state index contributed by atoms with van der Waals surface area (Å²) >= 11 is 4.83. The third-order valence-electron chi connectivity index (χ3n) is 1.11. The molecule has 0 aromatic rings. The third kappa shape index (κ3) is 9.42. The summed E-state index contributed by atoms with van der Waals surface area (Å²) in [6, 6.07) is 0. The van der Waals surface area contributed by atoms with Gasteiger partial charge < -0.3 is 15.4 Å². The maximum Gasteiger partial charge on any atom is 0.261 e. The fourth-order valence-corrected chi connectivity index (χ4v) is 0.879. The Balaban J connectivity index is 3.11. The van der Waals surface area contributed by atoms with E-state index in [4.69, 9.17) is 12.2 Å². The second kappa shape index (κ2) is 8.12. The van der Waals surface area contributed by atoms with Gasteiger partial charge in [-0.2, -0.15) is 0 Å². The van der Waals surface area contributed by atoms with E-state index in [1.807, 2.05) is 6.92 Å². The second-order valence-corrected chi connectivity index (χ2v) is 2.66. The van der Waals surface area contributed by atoms with Crippen LogP contribution in [-0.4, -0.2) is 37.8 Å². The van der Waals surface area contributed by atoms with Gasteiger partial charge >= 0.3 is 0 Å². The molecule has 0 saturated heterocycles. The van der Waals surface area contributed by atoms with E-state index in [0.29, 0.717) is 11.7 Å². The van der Waals surface area contributed by atoms with Crippen molar-refractivity contribution >= 4 is 17.3 Å². The first-order valence-corrected chi connectivity index (χ1v) is 4.45. The number of nitrogens with one attached hydrogen (secondary N) is 2. The van der Waals surface area contributed by atoms with Crippen LogP contribution < -0.4 is 10.6 Å². The van der Waals surface area contributed by atoms with Crippen LogP contribution in [0.4, 0.5) is 8.78 Å². The Morgan fingerprint density at radius 3 is 2.69 bits per heavy atom. The molecule has 0 aromatic heterocycles. The summed E-state index contributed by atoms with van der Waals surface area (Å²) in [7, 11) is 0. The number of halogens is 2. The van der Waals surface area contributed by atoms with Gasteiger partial charge in [0.2, 0.25) is 0 Å². The summed E-state index contributed by atoms with van der Waals surface area (Å²) in [5.41, 5.74) is 0. The summed E-state index contributed by atoms with van der Waals surface area (Å²) in [5.74, 6) is 0. The van der Waals surface area contributed by atoms with E-state index >= 15 is 0 Å². The topological polar surface area (TPSA) is 33.3 Å². The van der Waals surface area contributed by atoms with Crippen LogP contribution in [0, 0.1) is 0 Å². The molecule has 3 nitrogen and oxygen atoms in total. The fourth-order valence-electron chi connectivity index (χ4n) is 0.632. The summed E-state index contributed by atoms with van der Waals surface area (Å²) in [5, 5.41) is 6.19. The van der Waals surface area contributed by atoms with Gasteiger partial charge in [-0.05, 0) is 19.1 Å². The predicted molar refractivity (Wildman–Crippen MR) is 51.1 cm³/mol. The lowest BCUT2D eigenvalue weighted by atomic mass is 10.6. The average Bonchev–Trinajstić information content (AvgIpc) is 2.03. The van der Waals surface area contributed by atoms with Crippen LogP contribution >= 0.6 is 12.2 Å². The Hall–Kier alpha value is -0.490. The summed E-state index contributed by atoms with van der Waals surface area (Å²) < 4.78 is 27.7. The standard InChI is InChI=1S/C7H14F2N2OS/c1-2-10-7(13)11-3-4-12-5-6(8)9/h6H,2-5H2,1H3,(H2,10,11,13). The Labute approximate surface area is 81.8 Å². The molecule has 0 saturated carbocycles. The van der Waals surface area contributed by atoms with Crippen molar-refractivity contribution in [2.45, 2.75) is 13.3 Å². The lowest BCUT2D eigenvalue weighted by Gasteiger charge is -2.08. The zero-order chi connectivity index (χ0) is 10.1. The minimum atomic E-state index is -2.40. The Bertz CT molecular complexity index is 146. The van der Waals surface area contributed by atoms with Gasteiger partial charge in [-0.3, -0.25) is 0 Å². The third-order valence-corrected chi connectivity index (χ3v) is 1.40. The zero-order valence-corrected chi connectivity index (χ0v) is 8.29. The Kier molecular flexibility index (Phi) is 7.82. The van der Waals surface area contributed by atoms with Crippen molar-refractivity contribution in [2.24, 2.45) is 0 Å². The van der Waals surface area contributed by atoms with E-state index in [-0.39, 0.29) is 6.61 Å². The molecule has 0 amide bonds. The number of hydrogen-bond acceptors (Lipinski definition) is 2. The smallest absolute Gasteiger partial charge is 0.261 e.